The number of anilines is 6. The molecule has 0 amide bonds. The number of hydrogen-bond acceptors (Lipinski definition) is 5. The third-order valence-corrected chi connectivity index (χ3v) is 17.4. The van der Waals surface area contributed by atoms with E-state index < -0.39 is 11.8 Å². The molecule has 2 heterocycles. The molecular weight excluding hydrogens is 1030 g/mol. The number of fused-ring (bicyclic) bond motifs is 22. The first-order valence-electron chi connectivity index (χ1n) is 27.8. The first-order chi connectivity index (χ1) is 40.7. The summed E-state index contributed by atoms with van der Waals surface area (Å²) in [5, 5.41) is 11.0. The summed E-state index contributed by atoms with van der Waals surface area (Å²) in [5.41, 5.74) is 17.1. The number of aryl methyl sites for hydroxylation is 1. The Kier molecular flexibility index (Phi) is 9.94. The van der Waals surface area contributed by atoms with Gasteiger partial charge >= 0.3 is 6.36 Å². The van der Waals surface area contributed by atoms with Crippen LogP contribution in [0.2, 0.25) is 0 Å². The summed E-state index contributed by atoms with van der Waals surface area (Å²) in [7, 11) is 0. The van der Waals surface area contributed by atoms with Gasteiger partial charge in [-0.15, -0.1) is 13.2 Å². The van der Waals surface area contributed by atoms with E-state index >= 15 is 0 Å². The SMILES string of the molecule is Cc1ccc(N(c2ccc3c(c2)C2(c4ccccc4-c4cc5c6ccccc6c6ccccc6c5cc42)c2cc(N(c4ccc(OC(F)(F)F)cc4)c4cccc5c4oc4ccccc45)ccc2-3)c2cccc3c2oc2ccccc23)cc1. The molecule has 0 radical (unpaired) electrons. The van der Waals surface area contributed by atoms with E-state index in [0.717, 1.165) is 122 Å². The fourth-order valence-corrected chi connectivity index (χ4v) is 14.0. The predicted octanol–water partition coefficient (Wildman–Crippen LogP) is 21.4. The van der Waals surface area contributed by atoms with Crippen molar-refractivity contribution in [2.24, 2.45) is 0 Å². The van der Waals surface area contributed by atoms with Crippen LogP contribution in [-0.2, 0) is 5.41 Å². The standard InChI is InChI=1S/C75H45F3N2O3/c1-44-28-30-45(31-29-44)79(68-24-12-21-59-57-19-7-10-26-70(57)81-72(59)68)47-34-38-55-56-39-35-48(80(46-32-36-49(37-33-46)83-75(76,77)78)69-25-13-22-60-58-20-8-11-27-71(58)82-73(60)69)41-66(56)74(65(55)40-47)64-23-9-6-18-54(64)63-42-61-52-16-4-2-14-50(52)51-15-3-5-17-53(51)62(61)43-67(63)74/h2-43H,1H3. The molecule has 13 aromatic carbocycles. The lowest BCUT2D eigenvalue weighted by Gasteiger charge is -2.33. The largest absolute Gasteiger partial charge is 0.573 e. The van der Waals surface area contributed by atoms with Crippen molar-refractivity contribution in [3.8, 4) is 28.0 Å². The number of para-hydroxylation sites is 4. The maximum Gasteiger partial charge on any atom is 0.573 e. The first kappa shape index (κ1) is 47.3. The highest BCUT2D eigenvalue weighted by Crippen LogP contribution is 2.65. The highest BCUT2D eigenvalue weighted by Gasteiger charge is 2.52. The topological polar surface area (TPSA) is 42.0 Å². The van der Waals surface area contributed by atoms with Gasteiger partial charge in [0.25, 0.3) is 0 Å². The Hall–Kier alpha value is -10.6. The third-order valence-electron chi connectivity index (χ3n) is 17.4. The van der Waals surface area contributed by atoms with E-state index in [1.54, 1.807) is 12.1 Å². The maximum absolute atomic E-state index is 13.7. The van der Waals surface area contributed by atoms with Crippen molar-refractivity contribution in [2.75, 3.05) is 9.80 Å². The first-order valence-corrected chi connectivity index (χ1v) is 27.8. The van der Waals surface area contributed by atoms with E-state index in [1.165, 1.54) is 39.1 Å². The zero-order valence-corrected chi connectivity index (χ0v) is 44.5. The minimum Gasteiger partial charge on any atom is -0.454 e. The molecule has 0 aliphatic heterocycles. The Bertz CT molecular complexity index is 5210. The number of rotatable bonds is 7. The molecule has 1 unspecified atom stereocenters. The number of hydrogen-bond donors (Lipinski definition) is 0. The van der Waals surface area contributed by atoms with Crippen LogP contribution in [0.5, 0.6) is 5.75 Å². The van der Waals surface area contributed by atoms with E-state index in [2.05, 4.69) is 197 Å². The summed E-state index contributed by atoms with van der Waals surface area (Å²) in [6.07, 6.45) is -4.86. The minimum atomic E-state index is -4.86. The van der Waals surface area contributed by atoms with Crippen molar-refractivity contribution in [3.63, 3.8) is 0 Å². The van der Waals surface area contributed by atoms with Crippen LogP contribution in [0.3, 0.4) is 0 Å². The fraction of sp³-hybridized carbons (Fsp3) is 0.0400. The van der Waals surface area contributed by atoms with E-state index in [4.69, 9.17) is 8.83 Å². The summed E-state index contributed by atoms with van der Waals surface area (Å²) in [5.74, 6) is -0.315. The molecule has 2 aliphatic carbocycles. The second-order valence-corrected chi connectivity index (χ2v) is 21.8. The maximum atomic E-state index is 13.7. The zero-order valence-electron chi connectivity index (χ0n) is 44.5. The van der Waals surface area contributed by atoms with Gasteiger partial charge in [0.15, 0.2) is 11.2 Å². The average molecular weight is 1080 g/mol. The summed E-state index contributed by atoms with van der Waals surface area (Å²) < 4.78 is 59.3. The summed E-state index contributed by atoms with van der Waals surface area (Å²) in [6.45, 7) is 2.11. The lowest BCUT2D eigenvalue weighted by atomic mass is 9.70. The predicted molar refractivity (Wildman–Crippen MR) is 331 cm³/mol. The molecule has 5 nitrogen and oxygen atoms in total. The van der Waals surface area contributed by atoms with Gasteiger partial charge in [-0.05, 0) is 181 Å². The van der Waals surface area contributed by atoms with Crippen LogP contribution in [0.4, 0.5) is 47.3 Å². The highest BCUT2D eigenvalue weighted by atomic mass is 19.4. The molecule has 0 saturated carbocycles. The lowest BCUT2D eigenvalue weighted by Crippen LogP contribution is -2.26. The smallest absolute Gasteiger partial charge is 0.454 e. The molecular formula is C75H45F3N2O3. The molecule has 0 fully saturated rings. The summed E-state index contributed by atoms with van der Waals surface area (Å²) in [6, 6.07) is 88.2. The van der Waals surface area contributed by atoms with Crippen LogP contribution in [0, 0.1) is 6.92 Å². The van der Waals surface area contributed by atoms with Crippen molar-refractivity contribution >= 4 is 110 Å². The van der Waals surface area contributed by atoms with Gasteiger partial charge in [0.2, 0.25) is 0 Å². The van der Waals surface area contributed by atoms with Gasteiger partial charge in [0, 0.05) is 44.3 Å². The van der Waals surface area contributed by atoms with Gasteiger partial charge in [-0.1, -0.05) is 163 Å². The van der Waals surface area contributed by atoms with Crippen molar-refractivity contribution in [3.05, 3.63) is 283 Å². The average Bonchev–Trinajstić information content (AvgIpc) is 1.55. The fourth-order valence-electron chi connectivity index (χ4n) is 14.0. The van der Waals surface area contributed by atoms with Gasteiger partial charge in [-0.3, -0.25) is 0 Å². The van der Waals surface area contributed by atoms with Crippen LogP contribution >= 0.6 is 0 Å². The molecule has 0 saturated heterocycles. The van der Waals surface area contributed by atoms with Crippen molar-refractivity contribution in [2.45, 2.75) is 18.7 Å². The molecule has 394 valence electrons. The van der Waals surface area contributed by atoms with Crippen LogP contribution in [0.15, 0.2) is 264 Å². The lowest BCUT2D eigenvalue weighted by molar-refractivity contribution is -0.274. The van der Waals surface area contributed by atoms with Crippen molar-refractivity contribution in [1.29, 1.82) is 0 Å². The van der Waals surface area contributed by atoms with Gasteiger partial charge in [-0.2, -0.15) is 0 Å². The second-order valence-electron chi connectivity index (χ2n) is 21.8. The quantitative estimate of drug-likeness (QED) is 0.149. The Morgan fingerprint density at radius 2 is 0.747 bits per heavy atom. The Balaban J connectivity index is 0.971. The Labute approximate surface area is 473 Å². The Morgan fingerprint density at radius 1 is 0.337 bits per heavy atom. The van der Waals surface area contributed by atoms with E-state index in [0.29, 0.717) is 11.3 Å². The number of furan rings is 2. The molecule has 0 bridgehead atoms. The van der Waals surface area contributed by atoms with Crippen molar-refractivity contribution < 1.29 is 26.7 Å². The third kappa shape index (κ3) is 6.90. The number of benzene rings is 13. The number of ether oxygens (including phenoxy) is 1. The Morgan fingerprint density at radius 3 is 1.28 bits per heavy atom. The monoisotopic (exact) mass is 1080 g/mol. The minimum absolute atomic E-state index is 0.315. The molecule has 15 aromatic rings. The summed E-state index contributed by atoms with van der Waals surface area (Å²) in [4.78, 5) is 4.43. The normalized spacial score (nSPS) is 14.3. The molecule has 83 heavy (non-hydrogen) atoms. The number of halogens is 3. The molecule has 1 atom stereocenters. The molecule has 1 spiro atoms. The van der Waals surface area contributed by atoms with Gasteiger partial charge in [-0.25, -0.2) is 0 Å². The second kappa shape index (κ2) is 17.5. The number of alkyl halides is 3. The van der Waals surface area contributed by atoms with Crippen LogP contribution in [-0.4, -0.2) is 6.36 Å². The van der Waals surface area contributed by atoms with Crippen LogP contribution in [0.1, 0.15) is 27.8 Å². The van der Waals surface area contributed by atoms with Crippen molar-refractivity contribution in [1.82, 2.24) is 0 Å². The van der Waals surface area contributed by atoms with E-state index in [9.17, 15) is 13.2 Å². The summed E-state index contributed by atoms with van der Waals surface area (Å²) >= 11 is 0. The zero-order chi connectivity index (χ0) is 55.3. The highest BCUT2D eigenvalue weighted by molar-refractivity contribution is 6.26. The van der Waals surface area contributed by atoms with E-state index in [1.807, 2.05) is 54.6 Å². The molecule has 17 rings (SSSR count). The van der Waals surface area contributed by atoms with Crippen LogP contribution < -0.4 is 14.5 Å². The molecule has 2 aliphatic rings. The molecule has 8 heteroatoms. The van der Waals surface area contributed by atoms with Crippen LogP contribution in [0.25, 0.3) is 98.4 Å². The van der Waals surface area contributed by atoms with Gasteiger partial charge in [0.05, 0.1) is 16.8 Å². The van der Waals surface area contributed by atoms with E-state index in [-0.39, 0.29) is 5.75 Å². The van der Waals surface area contributed by atoms with Gasteiger partial charge in [0.1, 0.15) is 16.9 Å². The van der Waals surface area contributed by atoms with Gasteiger partial charge < -0.3 is 23.4 Å². The molecule has 0 N–H and O–H groups in total. The number of nitrogens with zero attached hydrogens (tertiary/aromatic N) is 2. The molecule has 2 aromatic heterocycles.